The first-order valence-corrected chi connectivity index (χ1v) is 10.2. The zero-order chi connectivity index (χ0) is 21.8. The second-order valence-corrected chi connectivity index (χ2v) is 7.95. The lowest BCUT2D eigenvalue weighted by Crippen LogP contribution is -2.41. The van der Waals surface area contributed by atoms with Crippen LogP contribution in [0.4, 0.5) is 0 Å². The van der Waals surface area contributed by atoms with Gasteiger partial charge < -0.3 is 19.8 Å². The van der Waals surface area contributed by atoms with Gasteiger partial charge in [-0.1, -0.05) is 6.58 Å². The van der Waals surface area contributed by atoms with Crippen LogP contribution in [-0.4, -0.2) is 36.4 Å². The van der Waals surface area contributed by atoms with E-state index in [9.17, 15) is 14.4 Å². The molecule has 2 N–H and O–H groups in total. The van der Waals surface area contributed by atoms with Gasteiger partial charge in [-0.3, -0.25) is 9.59 Å². The molecule has 1 fully saturated rings. The number of hydrogen-bond acceptors (Lipinski definition) is 5. The normalized spacial score (nSPS) is 14.7. The summed E-state index contributed by atoms with van der Waals surface area (Å²) in [6.07, 6.45) is 1.72. The molecule has 1 aliphatic heterocycles. The molecular formula is C23H28N2O5. The van der Waals surface area contributed by atoms with E-state index in [1.54, 1.807) is 11.0 Å². The lowest BCUT2D eigenvalue weighted by atomic mass is 9.95. The van der Waals surface area contributed by atoms with Crippen molar-refractivity contribution >= 4 is 22.8 Å². The molecule has 0 spiro atoms. The van der Waals surface area contributed by atoms with Crippen molar-refractivity contribution in [1.82, 2.24) is 4.90 Å². The van der Waals surface area contributed by atoms with Gasteiger partial charge in [0.05, 0.1) is 0 Å². The summed E-state index contributed by atoms with van der Waals surface area (Å²) in [5, 5.41) is 0.821. The van der Waals surface area contributed by atoms with Crippen LogP contribution in [0.5, 0.6) is 5.75 Å². The highest BCUT2D eigenvalue weighted by molar-refractivity contribution is 5.83. The molecule has 1 aliphatic rings. The maximum absolute atomic E-state index is 12.6. The van der Waals surface area contributed by atoms with E-state index < -0.39 is 5.63 Å². The first-order chi connectivity index (χ1) is 14.3. The fourth-order valence-electron chi connectivity index (χ4n) is 3.76. The standard InChI is InChI=1S/C23H28N2O5/c1-14(2)13-29-17-4-5-18-15(3)19(23(28)30-20(18)12-17)6-7-21(26)25-10-8-16(9-11-25)22(24)27/h4-5,12,16H,1,6-11,13H2,2-3H3,(H2,24,27). The number of rotatable bonds is 7. The molecule has 2 heterocycles. The van der Waals surface area contributed by atoms with Gasteiger partial charge in [0.2, 0.25) is 11.8 Å². The van der Waals surface area contributed by atoms with E-state index in [0.717, 1.165) is 16.5 Å². The Bertz CT molecular complexity index is 1030. The van der Waals surface area contributed by atoms with Gasteiger partial charge in [-0.15, -0.1) is 0 Å². The summed E-state index contributed by atoms with van der Waals surface area (Å²) >= 11 is 0. The molecule has 0 aliphatic carbocycles. The van der Waals surface area contributed by atoms with Crippen molar-refractivity contribution in [1.29, 1.82) is 0 Å². The molecule has 1 saturated heterocycles. The number of primary amides is 1. The highest BCUT2D eigenvalue weighted by Gasteiger charge is 2.26. The third-order valence-electron chi connectivity index (χ3n) is 5.58. The lowest BCUT2D eigenvalue weighted by molar-refractivity contribution is -0.134. The van der Waals surface area contributed by atoms with Gasteiger partial charge in [0.1, 0.15) is 17.9 Å². The van der Waals surface area contributed by atoms with Gasteiger partial charge in [0.25, 0.3) is 0 Å². The average molecular weight is 412 g/mol. The maximum atomic E-state index is 12.6. The van der Waals surface area contributed by atoms with Gasteiger partial charge >= 0.3 is 5.63 Å². The van der Waals surface area contributed by atoms with E-state index in [0.29, 0.717) is 55.9 Å². The third-order valence-corrected chi connectivity index (χ3v) is 5.58. The third kappa shape index (κ3) is 4.90. The van der Waals surface area contributed by atoms with E-state index in [2.05, 4.69) is 6.58 Å². The Labute approximate surface area is 175 Å². The Kier molecular flexibility index (Phi) is 6.59. The number of nitrogens with two attached hydrogens (primary N) is 1. The molecule has 2 aromatic rings. The minimum Gasteiger partial charge on any atom is -0.489 e. The van der Waals surface area contributed by atoms with Crippen LogP contribution < -0.4 is 16.1 Å². The molecule has 1 aromatic heterocycles. The molecule has 1 aromatic carbocycles. The van der Waals surface area contributed by atoms with E-state index in [1.165, 1.54) is 0 Å². The van der Waals surface area contributed by atoms with Crippen molar-refractivity contribution in [3.05, 3.63) is 51.9 Å². The minimum absolute atomic E-state index is 0.0274. The molecule has 30 heavy (non-hydrogen) atoms. The number of ether oxygens (including phenoxy) is 1. The van der Waals surface area contributed by atoms with Crippen molar-refractivity contribution in [2.75, 3.05) is 19.7 Å². The predicted octanol–water partition coefficient (Wildman–Crippen LogP) is 2.71. The van der Waals surface area contributed by atoms with Crippen LogP contribution in [0.3, 0.4) is 0 Å². The maximum Gasteiger partial charge on any atom is 0.339 e. The van der Waals surface area contributed by atoms with Crippen LogP contribution in [0.2, 0.25) is 0 Å². The zero-order valence-electron chi connectivity index (χ0n) is 17.5. The van der Waals surface area contributed by atoms with E-state index in [4.69, 9.17) is 14.9 Å². The number of benzene rings is 1. The Morgan fingerprint density at radius 3 is 2.63 bits per heavy atom. The summed E-state index contributed by atoms with van der Waals surface area (Å²) in [7, 11) is 0. The topological polar surface area (TPSA) is 103 Å². The Morgan fingerprint density at radius 2 is 2.00 bits per heavy atom. The number of fused-ring (bicyclic) bond motifs is 1. The minimum atomic E-state index is -0.433. The molecule has 7 heteroatoms. The molecule has 0 unspecified atom stereocenters. The summed E-state index contributed by atoms with van der Waals surface area (Å²) in [5.74, 6) is 0.114. The molecule has 7 nitrogen and oxygen atoms in total. The van der Waals surface area contributed by atoms with Crippen LogP contribution in [0.1, 0.15) is 37.3 Å². The smallest absolute Gasteiger partial charge is 0.339 e. The lowest BCUT2D eigenvalue weighted by Gasteiger charge is -2.30. The Morgan fingerprint density at radius 1 is 1.30 bits per heavy atom. The first-order valence-electron chi connectivity index (χ1n) is 10.2. The highest BCUT2D eigenvalue weighted by atomic mass is 16.5. The predicted molar refractivity (Wildman–Crippen MR) is 114 cm³/mol. The molecule has 0 atom stereocenters. The number of likely N-dealkylation sites (tertiary alicyclic amines) is 1. The van der Waals surface area contributed by atoms with Gasteiger partial charge in [0, 0.05) is 42.4 Å². The van der Waals surface area contributed by atoms with Crippen LogP contribution >= 0.6 is 0 Å². The largest absolute Gasteiger partial charge is 0.489 e. The Balaban J connectivity index is 1.69. The summed E-state index contributed by atoms with van der Waals surface area (Å²) in [4.78, 5) is 38.1. The van der Waals surface area contributed by atoms with Crippen molar-refractivity contribution in [2.24, 2.45) is 11.7 Å². The van der Waals surface area contributed by atoms with Gasteiger partial charge in [-0.05, 0) is 56.4 Å². The van der Waals surface area contributed by atoms with Crippen molar-refractivity contribution < 1.29 is 18.7 Å². The molecule has 0 bridgehead atoms. The first kappa shape index (κ1) is 21.6. The van der Waals surface area contributed by atoms with Crippen molar-refractivity contribution in [3.63, 3.8) is 0 Å². The second-order valence-electron chi connectivity index (χ2n) is 7.95. The molecule has 3 rings (SSSR count). The fraction of sp³-hybridized carbons (Fsp3) is 0.435. The summed E-state index contributed by atoms with van der Waals surface area (Å²) in [6, 6.07) is 5.39. The SMILES string of the molecule is C=C(C)COc1ccc2c(C)c(CCC(=O)N3CCC(C(N)=O)CC3)c(=O)oc2c1. The molecule has 2 amide bonds. The summed E-state index contributed by atoms with van der Waals surface area (Å²) < 4.78 is 11.1. The number of nitrogens with zero attached hydrogens (tertiary/aromatic N) is 1. The number of piperidine rings is 1. The van der Waals surface area contributed by atoms with E-state index in [-0.39, 0.29) is 24.2 Å². The van der Waals surface area contributed by atoms with Crippen LogP contribution in [0.15, 0.2) is 39.6 Å². The zero-order valence-corrected chi connectivity index (χ0v) is 17.5. The number of aryl methyl sites for hydroxylation is 1. The van der Waals surface area contributed by atoms with Gasteiger partial charge in [-0.25, -0.2) is 4.79 Å². The number of hydrogen-bond donors (Lipinski definition) is 1. The van der Waals surface area contributed by atoms with E-state index in [1.807, 2.05) is 26.0 Å². The number of carbonyl (C=O) groups excluding carboxylic acids is 2. The fourth-order valence-corrected chi connectivity index (χ4v) is 3.76. The molecule has 160 valence electrons. The monoisotopic (exact) mass is 412 g/mol. The average Bonchev–Trinajstić information content (AvgIpc) is 2.71. The Hall–Kier alpha value is -3.09. The van der Waals surface area contributed by atoms with Crippen LogP contribution in [0.25, 0.3) is 11.0 Å². The van der Waals surface area contributed by atoms with Gasteiger partial charge in [-0.2, -0.15) is 0 Å². The van der Waals surface area contributed by atoms with Gasteiger partial charge in [0.15, 0.2) is 0 Å². The molecule has 0 radical (unpaired) electrons. The summed E-state index contributed by atoms with van der Waals surface area (Å²) in [6.45, 7) is 8.97. The van der Waals surface area contributed by atoms with Crippen molar-refractivity contribution in [2.45, 2.75) is 39.5 Å². The molecular weight excluding hydrogens is 384 g/mol. The number of amides is 2. The second kappa shape index (κ2) is 9.15. The van der Waals surface area contributed by atoms with Crippen LogP contribution in [-0.2, 0) is 16.0 Å². The highest BCUT2D eigenvalue weighted by Crippen LogP contribution is 2.25. The van der Waals surface area contributed by atoms with E-state index >= 15 is 0 Å². The quantitative estimate of drug-likeness (QED) is 0.556. The number of carbonyl (C=O) groups is 2. The van der Waals surface area contributed by atoms with Crippen LogP contribution in [0, 0.1) is 12.8 Å². The van der Waals surface area contributed by atoms with Crippen molar-refractivity contribution in [3.8, 4) is 5.75 Å². The summed E-state index contributed by atoms with van der Waals surface area (Å²) in [5.41, 5.74) is 7.59. The molecule has 0 saturated carbocycles.